The lowest BCUT2D eigenvalue weighted by Gasteiger charge is -2.36. The van der Waals surface area contributed by atoms with E-state index in [0.717, 1.165) is 50.5 Å². The van der Waals surface area contributed by atoms with E-state index in [1.807, 2.05) is 0 Å². The van der Waals surface area contributed by atoms with Crippen LogP contribution in [0.15, 0.2) is 48.5 Å². The molecular formula is C31H41N3O6. The van der Waals surface area contributed by atoms with Crippen molar-refractivity contribution in [2.45, 2.75) is 102 Å². The van der Waals surface area contributed by atoms with Crippen LogP contribution in [0.2, 0.25) is 0 Å². The summed E-state index contributed by atoms with van der Waals surface area (Å²) in [5.74, 6) is -0.494. The summed E-state index contributed by atoms with van der Waals surface area (Å²) in [6, 6.07) is 10.8. The largest absolute Gasteiger partial charge is 0.508 e. The van der Waals surface area contributed by atoms with Crippen LogP contribution in [0.3, 0.4) is 0 Å². The van der Waals surface area contributed by atoms with Crippen molar-refractivity contribution in [3.05, 3.63) is 59.7 Å². The highest BCUT2D eigenvalue weighted by Crippen LogP contribution is 2.36. The van der Waals surface area contributed by atoms with Gasteiger partial charge in [-0.25, -0.2) is 4.79 Å². The van der Waals surface area contributed by atoms with E-state index < -0.39 is 29.7 Å². The first-order valence-corrected chi connectivity index (χ1v) is 14.2. The maximum atomic E-state index is 14.4. The molecule has 2 aliphatic rings. The van der Waals surface area contributed by atoms with Crippen molar-refractivity contribution in [1.82, 2.24) is 15.5 Å². The fourth-order valence-corrected chi connectivity index (χ4v) is 5.19. The molecule has 4 N–H and O–H groups in total. The monoisotopic (exact) mass is 551 g/mol. The Morgan fingerprint density at radius 2 is 1.48 bits per heavy atom. The summed E-state index contributed by atoms with van der Waals surface area (Å²) in [7, 11) is 0. The number of nitrogens with one attached hydrogen (secondary N) is 2. The molecule has 0 aromatic heterocycles. The quantitative estimate of drug-likeness (QED) is 0.357. The van der Waals surface area contributed by atoms with E-state index in [4.69, 9.17) is 4.74 Å². The number of phenols is 2. The molecule has 2 atom stereocenters. The lowest BCUT2D eigenvalue weighted by Crippen LogP contribution is -2.55. The standard InChI is InChI=1S/C31H41N3O6/c1-31(2,3)40-30(39)33-26(19-20-9-15-24(35)16-10-20)29(38)34(23-13-14-23)27(21-11-17-25(36)18-12-21)28(37)32-22-7-5-4-6-8-22/h9-12,15-18,22-23,26-27,35-36H,4-8,13-14,19H2,1-3H3,(H,32,37)(H,33,39). The topological polar surface area (TPSA) is 128 Å². The third-order valence-corrected chi connectivity index (χ3v) is 7.25. The molecule has 9 heteroatoms. The number of nitrogens with zero attached hydrogens (tertiary/aromatic N) is 1. The number of aromatic hydroxyl groups is 2. The highest BCUT2D eigenvalue weighted by molar-refractivity contribution is 5.93. The molecule has 4 rings (SSSR count). The van der Waals surface area contributed by atoms with E-state index in [1.54, 1.807) is 49.9 Å². The molecule has 2 fully saturated rings. The van der Waals surface area contributed by atoms with Crippen LogP contribution < -0.4 is 10.6 Å². The average molecular weight is 552 g/mol. The van der Waals surface area contributed by atoms with Crippen molar-refractivity contribution in [3.8, 4) is 11.5 Å². The minimum absolute atomic E-state index is 0.0460. The molecule has 3 amide bonds. The van der Waals surface area contributed by atoms with Crippen LogP contribution in [0.4, 0.5) is 4.79 Å². The van der Waals surface area contributed by atoms with Crippen LogP contribution in [-0.4, -0.2) is 56.7 Å². The van der Waals surface area contributed by atoms with E-state index in [-0.39, 0.29) is 35.9 Å². The van der Waals surface area contributed by atoms with Crippen molar-refractivity contribution in [3.63, 3.8) is 0 Å². The molecule has 0 bridgehead atoms. The zero-order valence-corrected chi connectivity index (χ0v) is 23.6. The van der Waals surface area contributed by atoms with Gasteiger partial charge in [-0.1, -0.05) is 43.5 Å². The second kappa shape index (κ2) is 12.6. The fourth-order valence-electron chi connectivity index (χ4n) is 5.19. The first kappa shape index (κ1) is 29.2. The number of hydrogen-bond donors (Lipinski definition) is 4. The summed E-state index contributed by atoms with van der Waals surface area (Å²) < 4.78 is 5.47. The Labute approximate surface area is 235 Å². The Morgan fingerprint density at radius 3 is 2.02 bits per heavy atom. The molecule has 0 aliphatic heterocycles. The number of amides is 3. The predicted molar refractivity (Wildman–Crippen MR) is 151 cm³/mol. The zero-order valence-electron chi connectivity index (χ0n) is 23.6. The molecule has 0 radical (unpaired) electrons. The van der Waals surface area contributed by atoms with Gasteiger partial charge in [0.05, 0.1) is 0 Å². The van der Waals surface area contributed by atoms with E-state index in [9.17, 15) is 24.6 Å². The molecule has 0 saturated heterocycles. The zero-order chi connectivity index (χ0) is 28.9. The average Bonchev–Trinajstić information content (AvgIpc) is 3.73. The third kappa shape index (κ3) is 8.13. The number of ether oxygens (including phenoxy) is 1. The second-order valence-corrected chi connectivity index (χ2v) is 11.9. The highest BCUT2D eigenvalue weighted by atomic mass is 16.6. The Kier molecular flexibility index (Phi) is 9.22. The number of rotatable bonds is 9. The van der Waals surface area contributed by atoms with Crippen LogP contribution in [0.25, 0.3) is 0 Å². The van der Waals surface area contributed by atoms with Gasteiger partial charge in [0, 0.05) is 18.5 Å². The second-order valence-electron chi connectivity index (χ2n) is 11.9. The molecule has 0 spiro atoms. The van der Waals surface area contributed by atoms with Crippen molar-refractivity contribution in [2.24, 2.45) is 0 Å². The molecular weight excluding hydrogens is 510 g/mol. The number of carbonyl (C=O) groups is 3. The summed E-state index contributed by atoms with van der Waals surface area (Å²) in [6.45, 7) is 5.24. The van der Waals surface area contributed by atoms with Crippen LogP contribution in [0.5, 0.6) is 11.5 Å². The van der Waals surface area contributed by atoms with Gasteiger partial charge in [0.25, 0.3) is 0 Å². The number of alkyl carbamates (subject to hydrolysis) is 1. The van der Waals surface area contributed by atoms with Gasteiger partial charge in [0.2, 0.25) is 11.8 Å². The summed E-state index contributed by atoms with van der Waals surface area (Å²) in [4.78, 5) is 42.7. The molecule has 2 aromatic carbocycles. The Morgan fingerprint density at radius 1 is 0.900 bits per heavy atom. The van der Waals surface area contributed by atoms with Crippen LogP contribution in [0.1, 0.15) is 82.9 Å². The number of phenolic OH excluding ortho intramolecular Hbond substituents is 2. The van der Waals surface area contributed by atoms with Gasteiger partial charge < -0.3 is 30.5 Å². The van der Waals surface area contributed by atoms with Gasteiger partial charge >= 0.3 is 6.09 Å². The smallest absolute Gasteiger partial charge is 0.408 e. The molecule has 2 aromatic rings. The van der Waals surface area contributed by atoms with Crippen LogP contribution in [0, 0.1) is 0 Å². The molecule has 0 heterocycles. The lowest BCUT2D eigenvalue weighted by atomic mass is 9.94. The molecule has 40 heavy (non-hydrogen) atoms. The number of carbonyl (C=O) groups excluding carboxylic acids is 3. The van der Waals surface area contributed by atoms with Gasteiger partial charge in [-0.2, -0.15) is 0 Å². The summed E-state index contributed by atoms with van der Waals surface area (Å²) >= 11 is 0. The van der Waals surface area contributed by atoms with Crippen molar-refractivity contribution in [1.29, 1.82) is 0 Å². The van der Waals surface area contributed by atoms with Crippen molar-refractivity contribution in [2.75, 3.05) is 0 Å². The third-order valence-electron chi connectivity index (χ3n) is 7.25. The minimum Gasteiger partial charge on any atom is -0.508 e. The lowest BCUT2D eigenvalue weighted by molar-refractivity contribution is -0.143. The van der Waals surface area contributed by atoms with Gasteiger partial charge in [0.15, 0.2) is 0 Å². The minimum atomic E-state index is -1.01. The maximum Gasteiger partial charge on any atom is 0.408 e. The Balaban J connectivity index is 1.67. The fraction of sp³-hybridized carbons (Fsp3) is 0.516. The van der Waals surface area contributed by atoms with Gasteiger partial charge in [-0.15, -0.1) is 0 Å². The Hall–Kier alpha value is -3.75. The summed E-state index contributed by atoms with van der Waals surface area (Å²) in [6.07, 6.45) is 5.95. The van der Waals surface area contributed by atoms with Gasteiger partial charge in [-0.3, -0.25) is 9.59 Å². The van der Waals surface area contributed by atoms with Crippen LogP contribution in [-0.2, 0) is 20.7 Å². The van der Waals surface area contributed by atoms with Gasteiger partial charge in [0.1, 0.15) is 29.2 Å². The summed E-state index contributed by atoms with van der Waals surface area (Å²) in [5.41, 5.74) is 0.559. The molecule has 9 nitrogen and oxygen atoms in total. The maximum absolute atomic E-state index is 14.4. The number of hydrogen-bond acceptors (Lipinski definition) is 6. The molecule has 216 valence electrons. The summed E-state index contributed by atoms with van der Waals surface area (Å²) in [5, 5.41) is 25.6. The highest BCUT2D eigenvalue weighted by Gasteiger charge is 2.44. The van der Waals surface area contributed by atoms with Crippen molar-refractivity contribution >= 4 is 17.9 Å². The van der Waals surface area contributed by atoms with E-state index in [1.165, 1.54) is 24.3 Å². The van der Waals surface area contributed by atoms with E-state index in [0.29, 0.717) is 5.56 Å². The molecule has 2 aliphatic carbocycles. The SMILES string of the molecule is CC(C)(C)OC(=O)NC(Cc1ccc(O)cc1)C(=O)N(C1CC1)C(C(=O)NC1CCCCC1)c1ccc(O)cc1. The van der Waals surface area contributed by atoms with Crippen molar-refractivity contribution < 1.29 is 29.3 Å². The number of benzene rings is 2. The molecule has 2 saturated carbocycles. The predicted octanol–water partition coefficient (Wildman–Crippen LogP) is 4.71. The van der Waals surface area contributed by atoms with Crippen LogP contribution >= 0.6 is 0 Å². The first-order chi connectivity index (χ1) is 19.0. The Bertz CT molecular complexity index is 1170. The van der Waals surface area contributed by atoms with Gasteiger partial charge in [-0.05, 0) is 81.8 Å². The van der Waals surface area contributed by atoms with E-state index >= 15 is 0 Å². The normalized spacial score (nSPS) is 17.4. The molecule has 2 unspecified atom stereocenters. The van der Waals surface area contributed by atoms with E-state index in [2.05, 4.69) is 10.6 Å². The first-order valence-electron chi connectivity index (χ1n) is 14.2.